The number of ether oxygens (including phenoxy) is 1. The minimum Gasteiger partial charge on any atom is -0.465 e. The first-order chi connectivity index (χ1) is 14.5. The van der Waals surface area contributed by atoms with Crippen molar-refractivity contribution in [3.8, 4) is 0 Å². The molecule has 0 bridgehead atoms. The number of aromatic nitrogens is 3. The molecule has 152 valence electrons. The summed E-state index contributed by atoms with van der Waals surface area (Å²) in [5.74, 6) is -0.464. The molecule has 0 aliphatic carbocycles. The molecule has 0 fully saturated rings. The second-order valence-corrected chi connectivity index (χ2v) is 7.57. The molecule has 0 saturated heterocycles. The first-order valence-corrected chi connectivity index (χ1v) is 9.71. The van der Waals surface area contributed by atoms with Crippen LogP contribution in [0.2, 0.25) is 0 Å². The molecule has 30 heavy (non-hydrogen) atoms. The summed E-state index contributed by atoms with van der Waals surface area (Å²) in [5, 5.41) is 5.56. The second kappa shape index (κ2) is 6.69. The van der Waals surface area contributed by atoms with Crippen molar-refractivity contribution in [2.24, 2.45) is 0 Å². The Bertz CT molecular complexity index is 1330. The van der Waals surface area contributed by atoms with Crippen molar-refractivity contribution in [3.63, 3.8) is 0 Å². The highest BCUT2D eigenvalue weighted by atomic mass is 16.5. The highest BCUT2D eigenvalue weighted by molar-refractivity contribution is 6.06. The van der Waals surface area contributed by atoms with E-state index >= 15 is 0 Å². The number of pyridine rings is 1. The summed E-state index contributed by atoms with van der Waals surface area (Å²) >= 11 is 0. The molecule has 0 atom stereocenters. The number of nitrogens with one attached hydrogen (secondary N) is 1. The summed E-state index contributed by atoms with van der Waals surface area (Å²) in [6, 6.07) is 7.23. The number of methoxy groups -OCH3 is 1. The number of fused-ring (bicyclic) bond motifs is 4. The number of esters is 1. The lowest BCUT2D eigenvalue weighted by atomic mass is 10.0. The van der Waals surface area contributed by atoms with Crippen LogP contribution in [-0.2, 0) is 17.7 Å². The Morgan fingerprint density at radius 1 is 1.23 bits per heavy atom. The summed E-state index contributed by atoms with van der Waals surface area (Å²) in [4.78, 5) is 35.0. The largest absolute Gasteiger partial charge is 0.465 e. The number of hydrogen-bond acceptors (Lipinski definition) is 6. The fourth-order valence-corrected chi connectivity index (χ4v) is 4.19. The van der Waals surface area contributed by atoms with Gasteiger partial charge in [0.25, 0.3) is 11.6 Å². The number of carbonyl (C=O) groups is 2. The topological polar surface area (TPSA) is 101 Å². The first-order valence-electron chi connectivity index (χ1n) is 9.71. The van der Waals surface area contributed by atoms with Crippen molar-refractivity contribution < 1.29 is 18.8 Å². The first kappa shape index (κ1) is 18.4. The number of benzene rings is 1. The number of carbonyl (C=O) groups excluding carboxylic acids is 2. The Labute approximate surface area is 171 Å². The van der Waals surface area contributed by atoms with E-state index in [9.17, 15) is 9.59 Å². The van der Waals surface area contributed by atoms with E-state index in [4.69, 9.17) is 9.26 Å². The number of aromatic amines is 1. The van der Waals surface area contributed by atoms with Crippen molar-refractivity contribution in [1.29, 1.82) is 0 Å². The van der Waals surface area contributed by atoms with Crippen LogP contribution in [0.3, 0.4) is 0 Å². The van der Waals surface area contributed by atoms with E-state index in [1.807, 2.05) is 30.9 Å². The molecule has 1 aliphatic heterocycles. The smallest absolute Gasteiger partial charge is 0.337 e. The maximum absolute atomic E-state index is 13.4. The van der Waals surface area contributed by atoms with Crippen molar-refractivity contribution in [1.82, 2.24) is 20.0 Å². The maximum atomic E-state index is 13.4. The normalized spacial score (nSPS) is 13.6. The lowest BCUT2D eigenvalue weighted by Crippen LogP contribution is -2.36. The van der Waals surface area contributed by atoms with Crippen LogP contribution in [0.5, 0.6) is 0 Å². The van der Waals surface area contributed by atoms with Crippen molar-refractivity contribution in [2.75, 3.05) is 13.7 Å². The fraction of sp³-hybridized carbons (Fsp3) is 0.273. The average molecular weight is 404 g/mol. The molecule has 1 aliphatic rings. The van der Waals surface area contributed by atoms with Gasteiger partial charge in [0, 0.05) is 47.4 Å². The Kier molecular flexibility index (Phi) is 4.09. The molecule has 0 radical (unpaired) electrons. The van der Waals surface area contributed by atoms with E-state index in [0.29, 0.717) is 53.1 Å². The molecule has 8 heteroatoms. The number of amides is 1. The van der Waals surface area contributed by atoms with Crippen molar-refractivity contribution >= 4 is 33.9 Å². The Balaban J connectivity index is 1.55. The van der Waals surface area contributed by atoms with Gasteiger partial charge in [0.05, 0.1) is 29.3 Å². The van der Waals surface area contributed by atoms with Crippen molar-refractivity contribution in [2.45, 2.75) is 26.8 Å². The van der Waals surface area contributed by atoms with Gasteiger partial charge in [-0.25, -0.2) is 9.78 Å². The highest BCUT2D eigenvalue weighted by Gasteiger charge is 2.28. The molecule has 8 nitrogen and oxygen atoms in total. The second-order valence-electron chi connectivity index (χ2n) is 7.57. The van der Waals surface area contributed by atoms with Crippen LogP contribution < -0.4 is 0 Å². The highest BCUT2D eigenvalue weighted by Crippen LogP contribution is 2.31. The quantitative estimate of drug-likeness (QED) is 0.515. The number of nitrogens with zero attached hydrogens (tertiary/aromatic N) is 3. The Hall–Kier alpha value is -3.68. The third kappa shape index (κ3) is 2.75. The molecule has 0 unspecified atom stereocenters. The standard InChI is InChI=1S/C22H20N4O4/c1-11-8-15(19-12(2)25-30-20(19)23-11)21(27)26-7-6-18-16(10-26)14-9-13(22(28)29-3)4-5-17(14)24-18/h4-5,8-9,24H,6-7,10H2,1-3H3. The van der Waals surface area contributed by atoms with Gasteiger partial charge in [-0.05, 0) is 38.1 Å². The number of H-pyrrole nitrogens is 1. The summed E-state index contributed by atoms with van der Waals surface area (Å²) in [6.07, 6.45) is 0.707. The van der Waals surface area contributed by atoms with E-state index in [-0.39, 0.29) is 11.9 Å². The molecule has 1 N–H and O–H groups in total. The summed E-state index contributed by atoms with van der Waals surface area (Å²) in [7, 11) is 1.36. The van der Waals surface area contributed by atoms with E-state index in [1.165, 1.54) is 7.11 Å². The molecule has 0 spiro atoms. The van der Waals surface area contributed by atoms with E-state index in [0.717, 1.165) is 22.2 Å². The zero-order valence-electron chi connectivity index (χ0n) is 16.9. The van der Waals surface area contributed by atoms with E-state index < -0.39 is 0 Å². The van der Waals surface area contributed by atoms with Gasteiger partial charge in [-0.15, -0.1) is 0 Å². The van der Waals surface area contributed by atoms with Crippen LogP contribution >= 0.6 is 0 Å². The predicted octanol–water partition coefficient (Wildman–Crippen LogP) is 3.31. The zero-order valence-corrected chi connectivity index (χ0v) is 16.9. The Morgan fingerprint density at radius 3 is 2.87 bits per heavy atom. The summed E-state index contributed by atoms with van der Waals surface area (Å²) in [6.45, 7) is 4.68. The van der Waals surface area contributed by atoms with Gasteiger partial charge in [-0.3, -0.25) is 4.79 Å². The monoisotopic (exact) mass is 404 g/mol. The van der Waals surface area contributed by atoms with Gasteiger partial charge in [-0.2, -0.15) is 0 Å². The summed E-state index contributed by atoms with van der Waals surface area (Å²) < 4.78 is 10.1. The average Bonchev–Trinajstić information content (AvgIpc) is 3.31. The van der Waals surface area contributed by atoms with Gasteiger partial charge < -0.3 is 19.1 Å². The maximum Gasteiger partial charge on any atom is 0.337 e. The number of aryl methyl sites for hydroxylation is 2. The predicted molar refractivity (Wildman–Crippen MR) is 109 cm³/mol. The molecule has 0 saturated carbocycles. The molecular formula is C22H20N4O4. The van der Waals surface area contributed by atoms with Gasteiger partial charge >= 0.3 is 5.97 Å². The minimum atomic E-state index is -0.381. The number of hydrogen-bond donors (Lipinski definition) is 1. The van der Waals surface area contributed by atoms with Gasteiger partial charge in [-0.1, -0.05) is 5.16 Å². The van der Waals surface area contributed by atoms with Crippen LogP contribution in [0.25, 0.3) is 22.0 Å². The molecule has 5 rings (SSSR count). The van der Waals surface area contributed by atoms with Crippen LogP contribution in [0.1, 0.15) is 43.4 Å². The fourth-order valence-electron chi connectivity index (χ4n) is 4.19. The third-order valence-corrected chi connectivity index (χ3v) is 5.66. The Morgan fingerprint density at radius 2 is 2.07 bits per heavy atom. The molecule has 1 aromatic carbocycles. The van der Waals surface area contributed by atoms with E-state index in [1.54, 1.807) is 12.1 Å². The van der Waals surface area contributed by atoms with Gasteiger partial charge in [0.2, 0.25) is 0 Å². The van der Waals surface area contributed by atoms with Gasteiger partial charge in [0.15, 0.2) is 0 Å². The van der Waals surface area contributed by atoms with Crippen molar-refractivity contribution in [3.05, 3.63) is 58.0 Å². The van der Waals surface area contributed by atoms with Gasteiger partial charge in [0.1, 0.15) is 0 Å². The molecule has 3 aromatic heterocycles. The molecular weight excluding hydrogens is 384 g/mol. The van der Waals surface area contributed by atoms with Crippen LogP contribution in [0.15, 0.2) is 28.8 Å². The lowest BCUT2D eigenvalue weighted by Gasteiger charge is -2.27. The third-order valence-electron chi connectivity index (χ3n) is 5.66. The SMILES string of the molecule is COC(=O)c1ccc2[nH]c3c(c2c1)CN(C(=O)c1cc(C)nc2onc(C)c12)CC3. The molecule has 1 amide bonds. The lowest BCUT2D eigenvalue weighted by molar-refractivity contribution is 0.0600. The number of rotatable bonds is 2. The van der Waals surface area contributed by atoms with Crippen LogP contribution in [0, 0.1) is 13.8 Å². The molecule has 4 heterocycles. The summed E-state index contributed by atoms with van der Waals surface area (Å²) in [5.41, 5.74) is 5.83. The van der Waals surface area contributed by atoms with Crippen LogP contribution in [0.4, 0.5) is 0 Å². The minimum absolute atomic E-state index is 0.0825. The van der Waals surface area contributed by atoms with E-state index in [2.05, 4.69) is 15.1 Å². The zero-order chi connectivity index (χ0) is 21.0. The molecule has 4 aromatic rings. The van der Waals surface area contributed by atoms with Crippen LogP contribution in [-0.4, -0.2) is 45.6 Å².